The quantitative estimate of drug-likeness (QED) is 0.469. The van der Waals surface area contributed by atoms with Gasteiger partial charge in [-0.25, -0.2) is 4.99 Å². The summed E-state index contributed by atoms with van der Waals surface area (Å²) in [6.07, 6.45) is 5.86. The third kappa shape index (κ3) is 2.08. The normalized spacial score (nSPS) is 31.7. The highest BCUT2D eigenvalue weighted by atomic mass is 32.2. The molecule has 3 heteroatoms. The average Bonchev–Trinajstić information content (AvgIpc) is 2.37. The number of isothiocyanates is 1. The molecule has 10 heavy (non-hydrogen) atoms. The summed E-state index contributed by atoms with van der Waals surface area (Å²) in [4.78, 5) is 4.07. The first-order chi connectivity index (χ1) is 4.86. The van der Waals surface area contributed by atoms with Crippen LogP contribution in [0, 0.1) is 0 Å². The van der Waals surface area contributed by atoms with Gasteiger partial charge in [-0.2, -0.15) is 11.8 Å². The van der Waals surface area contributed by atoms with Crippen LogP contribution in [0.15, 0.2) is 4.99 Å². The van der Waals surface area contributed by atoms with Gasteiger partial charge >= 0.3 is 0 Å². The molecule has 0 aromatic rings. The van der Waals surface area contributed by atoms with E-state index in [-0.39, 0.29) is 0 Å². The van der Waals surface area contributed by atoms with Gasteiger partial charge < -0.3 is 0 Å². The van der Waals surface area contributed by atoms with Gasteiger partial charge in [0.15, 0.2) is 0 Å². The highest BCUT2D eigenvalue weighted by Crippen LogP contribution is 2.29. The highest BCUT2D eigenvalue weighted by molar-refractivity contribution is 7.99. The number of thioether (sulfide) groups is 1. The number of aliphatic imine (C=N–C) groups is 1. The Morgan fingerprint density at radius 2 is 2.40 bits per heavy atom. The molecular formula is C7H11NS2. The van der Waals surface area contributed by atoms with E-state index in [1.165, 1.54) is 19.3 Å². The molecule has 0 aromatic heterocycles. The summed E-state index contributed by atoms with van der Waals surface area (Å²) in [5.74, 6) is 0. The molecule has 0 N–H and O–H groups in total. The van der Waals surface area contributed by atoms with E-state index < -0.39 is 0 Å². The maximum atomic E-state index is 4.54. The summed E-state index contributed by atoms with van der Waals surface area (Å²) in [5.41, 5.74) is 0. The number of hydrogen-bond donors (Lipinski definition) is 0. The van der Waals surface area contributed by atoms with E-state index in [2.05, 4.69) is 28.6 Å². The molecule has 56 valence electrons. The Morgan fingerprint density at radius 3 is 2.90 bits per heavy atom. The average molecular weight is 173 g/mol. The van der Waals surface area contributed by atoms with Crippen molar-refractivity contribution in [3.8, 4) is 0 Å². The molecule has 0 aromatic carbocycles. The third-order valence-electron chi connectivity index (χ3n) is 1.93. The van der Waals surface area contributed by atoms with Crippen molar-refractivity contribution in [3.63, 3.8) is 0 Å². The van der Waals surface area contributed by atoms with E-state index in [0.29, 0.717) is 6.04 Å². The lowest BCUT2D eigenvalue weighted by Gasteiger charge is -2.02. The smallest absolute Gasteiger partial charge is 0.0613 e. The monoisotopic (exact) mass is 173 g/mol. The zero-order valence-electron chi connectivity index (χ0n) is 6.04. The van der Waals surface area contributed by atoms with Gasteiger partial charge in [-0.1, -0.05) is 0 Å². The van der Waals surface area contributed by atoms with Crippen molar-refractivity contribution in [1.29, 1.82) is 0 Å². The number of rotatable bonds is 2. The Kier molecular flexibility index (Phi) is 3.40. The van der Waals surface area contributed by atoms with Gasteiger partial charge in [-0.3, -0.25) is 0 Å². The van der Waals surface area contributed by atoms with E-state index in [1.807, 2.05) is 11.8 Å². The van der Waals surface area contributed by atoms with Crippen molar-refractivity contribution in [2.75, 3.05) is 6.26 Å². The predicted molar refractivity (Wildman–Crippen MR) is 50.0 cm³/mol. The highest BCUT2D eigenvalue weighted by Gasteiger charge is 2.22. The Labute approximate surface area is 71.3 Å². The maximum Gasteiger partial charge on any atom is 0.0613 e. The molecule has 0 heterocycles. The van der Waals surface area contributed by atoms with Crippen LogP contribution >= 0.6 is 24.0 Å². The Bertz CT molecular complexity index is 152. The van der Waals surface area contributed by atoms with E-state index >= 15 is 0 Å². The summed E-state index contributed by atoms with van der Waals surface area (Å²) in [7, 11) is 0. The minimum Gasteiger partial charge on any atom is -0.229 e. The van der Waals surface area contributed by atoms with Crippen molar-refractivity contribution in [2.45, 2.75) is 30.6 Å². The van der Waals surface area contributed by atoms with Gasteiger partial charge in [-0.15, -0.1) is 0 Å². The summed E-state index contributed by atoms with van der Waals surface area (Å²) < 4.78 is 0. The van der Waals surface area contributed by atoms with Crippen molar-refractivity contribution >= 4 is 29.1 Å². The predicted octanol–water partition coefficient (Wildman–Crippen LogP) is 2.37. The standard InChI is InChI=1S/C7H11NS2/c1-10-7-3-2-6(4-7)8-5-9/h6-7H,2-4H2,1H3. The first-order valence-electron chi connectivity index (χ1n) is 3.46. The van der Waals surface area contributed by atoms with Gasteiger partial charge in [0.2, 0.25) is 0 Å². The fourth-order valence-electron chi connectivity index (χ4n) is 1.32. The first kappa shape index (κ1) is 8.25. The third-order valence-corrected chi connectivity index (χ3v) is 3.13. The van der Waals surface area contributed by atoms with Crippen molar-refractivity contribution in [3.05, 3.63) is 0 Å². The Morgan fingerprint density at radius 1 is 1.60 bits per heavy atom. The lowest BCUT2D eigenvalue weighted by Crippen LogP contribution is -1.98. The van der Waals surface area contributed by atoms with Crippen molar-refractivity contribution in [1.82, 2.24) is 0 Å². The molecule has 1 aliphatic rings. The van der Waals surface area contributed by atoms with Gasteiger partial charge in [0.1, 0.15) is 0 Å². The van der Waals surface area contributed by atoms with Crippen LogP contribution in [0.25, 0.3) is 0 Å². The number of thiocarbonyl (C=S) groups is 1. The van der Waals surface area contributed by atoms with E-state index in [9.17, 15) is 0 Å². The lowest BCUT2D eigenvalue weighted by atomic mass is 10.3. The fraction of sp³-hybridized carbons (Fsp3) is 0.857. The van der Waals surface area contributed by atoms with Crippen LogP contribution < -0.4 is 0 Å². The van der Waals surface area contributed by atoms with E-state index in [1.54, 1.807) is 0 Å². The summed E-state index contributed by atoms with van der Waals surface area (Å²) in [6.45, 7) is 0. The van der Waals surface area contributed by atoms with Crippen molar-refractivity contribution < 1.29 is 0 Å². The second-order valence-electron chi connectivity index (χ2n) is 2.54. The van der Waals surface area contributed by atoms with Crippen LogP contribution in [-0.2, 0) is 0 Å². The lowest BCUT2D eigenvalue weighted by molar-refractivity contribution is 0.713. The molecule has 2 atom stereocenters. The minimum atomic E-state index is 0.481. The van der Waals surface area contributed by atoms with Crippen LogP contribution in [0.3, 0.4) is 0 Å². The van der Waals surface area contributed by atoms with Gasteiger partial charge in [0.05, 0.1) is 11.2 Å². The van der Waals surface area contributed by atoms with Crippen LogP contribution in [0.5, 0.6) is 0 Å². The molecule has 1 aliphatic carbocycles. The van der Waals surface area contributed by atoms with Crippen LogP contribution in [0.1, 0.15) is 19.3 Å². The van der Waals surface area contributed by atoms with Crippen molar-refractivity contribution in [2.24, 2.45) is 4.99 Å². The molecule has 2 unspecified atom stereocenters. The maximum absolute atomic E-state index is 4.54. The molecule has 0 amide bonds. The van der Waals surface area contributed by atoms with Gasteiger partial charge in [-0.05, 0) is 37.7 Å². The largest absolute Gasteiger partial charge is 0.229 e. The molecule has 1 saturated carbocycles. The Hall–Kier alpha value is 0.150. The summed E-state index contributed by atoms with van der Waals surface area (Å²) in [6, 6.07) is 0.481. The molecule has 1 rings (SSSR count). The van der Waals surface area contributed by atoms with E-state index in [4.69, 9.17) is 0 Å². The topological polar surface area (TPSA) is 12.4 Å². The molecule has 0 bridgehead atoms. The second-order valence-corrected chi connectivity index (χ2v) is 3.87. The summed E-state index contributed by atoms with van der Waals surface area (Å²) in [5, 5.41) is 3.27. The second kappa shape index (κ2) is 4.12. The van der Waals surface area contributed by atoms with Gasteiger partial charge in [0.25, 0.3) is 0 Å². The van der Waals surface area contributed by atoms with Gasteiger partial charge in [0, 0.05) is 5.25 Å². The van der Waals surface area contributed by atoms with Crippen LogP contribution in [0.4, 0.5) is 0 Å². The molecule has 1 fully saturated rings. The molecule has 0 aliphatic heterocycles. The number of nitrogens with zero attached hydrogens (tertiary/aromatic N) is 1. The van der Waals surface area contributed by atoms with Crippen LogP contribution in [0.2, 0.25) is 0 Å². The first-order valence-corrected chi connectivity index (χ1v) is 5.16. The molecule has 0 spiro atoms. The molecule has 1 nitrogen and oxygen atoms in total. The molecule has 0 saturated heterocycles. The minimum absolute atomic E-state index is 0.481. The zero-order valence-corrected chi connectivity index (χ0v) is 7.67. The van der Waals surface area contributed by atoms with Crippen LogP contribution in [-0.4, -0.2) is 22.7 Å². The van der Waals surface area contributed by atoms with E-state index in [0.717, 1.165) is 5.25 Å². The zero-order chi connectivity index (χ0) is 7.40. The molecule has 0 radical (unpaired) electrons. The Balaban J connectivity index is 2.35. The summed E-state index contributed by atoms with van der Waals surface area (Å²) >= 11 is 6.48. The SMILES string of the molecule is CSC1CCC(N=C=S)C1. The fourth-order valence-corrected chi connectivity index (χ4v) is 2.26. The molecular weight excluding hydrogens is 162 g/mol. The number of hydrogen-bond acceptors (Lipinski definition) is 3.